The van der Waals surface area contributed by atoms with E-state index in [4.69, 9.17) is 4.52 Å². The lowest BCUT2D eigenvalue weighted by Gasteiger charge is -2.09. The van der Waals surface area contributed by atoms with E-state index in [1.807, 2.05) is 6.92 Å². The predicted octanol–water partition coefficient (Wildman–Crippen LogP) is 4.71. The fourth-order valence-electron chi connectivity index (χ4n) is 3.32. The second kappa shape index (κ2) is 7.22. The lowest BCUT2D eigenvalue weighted by Crippen LogP contribution is -2.12. The Bertz CT molecular complexity index is 1300. The SMILES string of the molecule is Cc1ccc(-c2noc([C@H]3C[C@@H]3F)n2)cc1NC(=O)c1cnn2ccc(C(F)F)cc12. The van der Waals surface area contributed by atoms with Crippen molar-refractivity contribution in [1.82, 2.24) is 19.8 Å². The van der Waals surface area contributed by atoms with Crippen molar-refractivity contribution in [1.29, 1.82) is 0 Å². The summed E-state index contributed by atoms with van der Waals surface area (Å²) in [5.74, 6) is -0.287. The number of aryl methyl sites for hydroxylation is 1. The van der Waals surface area contributed by atoms with Crippen LogP contribution in [0.5, 0.6) is 0 Å². The first-order valence-electron chi connectivity index (χ1n) is 9.56. The van der Waals surface area contributed by atoms with Gasteiger partial charge in [-0.1, -0.05) is 17.3 Å². The minimum atomic E-state index is -2.65. The van der Waals surface area contributed by atoms with Gasteiger partial charge in [0.25, 0.3) is 12.3 Å². The summed E-state index contributed by atoms with van der Waals surface area (Å²) in [6.07, 6.45) is -0.512. The molecule has 1 fully saturated rings. The monoisotopic (exact) mass is 427 g/mol. The normalized spacial score (nSPS) is 18.0. The maximum absolute atomic E-state index is 13.2. The molecule has 158 valence electrons. The number of hydrogen-bond acceptors (Lipinski definition) is 5. The number of aromatic nitrogens is 4. The van der Waals surface area contributed by atoms with Crippen molar-refractivity contribution in [3.8, 4) is 11.4 Å². The molecule has 1 amide bonds. The number of amides is 1. The van der Waals surface area contributed by atoms with E-state index in [2.05, 4.69) is 20.6 Å². The highest BCUT2D eigenvalue weighted by molar-refractivity contribution is 6.09. The Balaban J connectivity index is 1.43. The quantitative estimate of drug-likeness (QED) is 0.499. The average Bonchev–Trinajstić information content (AvgIpc) is 3.16. The Morgan fingerprint density at radius 2 is 2.10 bits per heavy atom. The number of nitrogens with zero attached hydrogens (tertiary/aromatic N) is 4. The van der Waals surface area contributed by atoms with Crippen molar-refractivity contribution >= 4 is 17.1 Å². The van der Waals surface area contributed by atoms with Crippen LogP contribution in [0.3, 0.4) is 0 Å². The minimum absolute atomic E-state index is 0.164. The topological polar surface area (TPSA) is 85.3 Å². The van der Waals surface area contributed by atoms with Crippen LogP contribution >= 0.6 is 0 Å². The molecule has 1 N–H and O–H groups in total. The maximum atomic E-state index is 13.2. The number of anilines is 1. The van der Waals surface area contributed by atoms with Crippen LogP contribution in [0.15, 0.2) is 47.2 Å². The van der Waals surface area contributed by atoms with E-state index in [1.165, 1.54) is 29.0 Å². The molecule has 31 heavy (non-hydrogen) atoms. The van der Waals surface area contributed by atoms with Crippen LogP contribution in [0.4, 0.5) is 18.9 Å². The number of carbonyl (C=O) groups is 1. The standard InChI is InChI=1S/C21H16F3N5O2/c1-10-2-3-12(19-27-21(31-28-19)13-8-15(13)22)6-16(10)26-20(30)14-9-25-29-5-4-11(18(23)24)7-17(14)29/h2-7,9,13,15,18H,8H2,1H3,(H,26,30)/t13-,15-/m0/s1. The summed E-state index contributed by atoms with van der Waals surface area (Å²) in [6, 6.07) is 7.72. The maximum Gasteiger partial charge on any atom is 0.263 e. The third-order valence-corrected chi connectivity index (χ3v) is 5.26. The molecule has 5 rings (SSSR count). The van der Waals surface area contributed by atoms with Gasteiger partial charge in [0.2, 0.25) is 11.7 Å². The summed E-state index contributed by atoms with van der Waals surface area (Å²) >= 11 is 0. The van der Waals surface area contributed by atoms with Gasteiger partial charge in [0.1, 0.15) is 6.17 Å². The second-order valence-electron chi connectivity index (χ2n) is 7.45. The van der Waals surface area contributed by atoms with E-state index >= 15 is 0 Å². The van der Waals surface area contributed by atoms with Crippen LogP contribution in [-0.4, -0.2) is 31.8 Å². The van der Waals surface area contributed by atoms with Crippen LogP contribution in [-0.2, 0) is 0 Å². The Morgan fingerprint density at radius 3 is 2.84 bits per heavy atom. The Labute approximate surface area is 173 Å². The first-order chi connectivity index (χ1) is 14.9. The predicted molar refractivity (Wildman–Crippen MR) is 105 cm³/mol. The number of pyridine rings is 1. The number of benzene rings is 1. The third kappa shape index (κ3) is 3.54. The van der Waals surface area contributed by atoms with E-state index < -0.39 is 18.5 Å². The van der Waals surface area contributed by atoms with Crippen molar-refractivity contribution in [3.05, 3.63) is 65.3 Å². The highest BCUT2D eigenvalue weighted by Gasteiger charge is 2.43. The van der Waals surface area contributed by atoms with Crippen LogP contribution in [0.1, 0.15) is 46.1 Å². The van der Waals surface area contributed by atoms with Crippen LogP contribution < -0.4 is 5.32 Å². The highest BCUT2D eigenvalue weighted by Crippen LogP contribution is 2.43. The van der Waals surface area contributed by atoms with Gasteiger partial charge in [-0.3, -0.25) is 4.79 Å². The molecule has 1 saturated carbocycles. The molecule has 10 heteroatoms. The first-order valence-corrected chi connectivity index (χ1v) is 9.56. The molecular formula is C21H16F3N5O2. The fourth-order valence-corrected chi connectivity index (χ4v) is 3.32. The van der Waals surface area contributed by atoms with Gasteiger partial charge in [0, 0.05) is 23.0 Å². The van der Waals surface area contributed by atoms with E-state index in [1.54, 1.807) is 18.2 Å². The van der Waals surface area contributed by atoms with Gasteiger partial charge >= 0.3 is 0 Å². The molecule has 0 radical (unpaired) electrons. The van der Waals surface area contributed by atoms with Crippen LogP contribution in [0, 0.1) is 6.92 Å². The van der Waals surface area contributed by atoms with E-state index in [0.717, 1.165) is 5.56 Å². The molecule has 0 saturated heterocycles. The van der Waals surface area contributed by atoms with E-state index in [0.29, 0.717) is 23.5 Å². The molecule has 0 unspecified atom stereocenters. The van der Waals surface area contributed by atoms with Gasteiger partial charge in [-0.15, -0.1) is 0 Å². The van der Waals surface area contributed by atoms with Gasteiger partial charge < -0.3 is 9.84 Å². The minimum Gasteiger partial charge on any atom is -0.339 e. The third-order valence-electron chi connectivity index (χ3n) is 5.26. The summed E-state index contributed by atoms with van der Waals surface area (Å²) in [4.78, 5) is 17.1. The smallest absolute Gasteiger partial charge is 0.263 e. The zero-order valence-electron chi connectivity index (χ0n) is 16.2. The Kier molecular flexibility index (Phi) is 4.49. The second-order valence-corrected chi connectivity index (χ2v) is 7.45. The summed E-state index contributed by atoms with van der Waals surface area (Å²) < 4.78 is 45.8. The summed E-state index contributed by atoms with van der Waals surface area (Å²) in [6.45, 7) is 1.81. The molecule has 7 nitrogen and oxygen atoms in total. The van der Waals surface area contributed by atoms with Gasteiger partial charge in [-0.2, -0.15) is 10.1 Å². The Morgan fingerprint density at radius 1 is 1.29 bits per heavy atom. The van der Waals surface area contributed by atoms with E-state index in [9.17, 15) is 18.0 Å². The molecule has 2 atom stereocenters. The van der Waals surface area contributed by atoms with Crippen molar-refractivity contribution < 1.29 is 22.5 Å². The number of hydrogen-bond donors (Lipinski definition) is 1. The summed E-state index contributed by atoms with van der Waals surface area (Å²) in [5, 5.41) is 10.7. The van der Waals surface area contributed by atoms with Gasteiger partial charge in [0.15, 0.2) is 0 Å². The van der Waals surface area contributed by atoms with Crippen LogP contribution in [0.2, 0.25) is 0 Å². The molecule has 3 heterocycles. The van der Waals surface area contributed by atoms with Crippen molar-refractivity contribution in [2.75, 3.05) is 5.32 Å². The molecule has 0 aliphatic heterocycles. The molecule has 1 aliphatic carbocycles. The van der Waals surface area contributed by atoms with Crippen molar-refractivity contribution in [2.24, 2.45) is 0 Å². The van der Waals surface area contributed by atoms with Crippen LogP contribution in [0.25, 0.3) is 16.9 Å². The molecule has 3 aromatic heterocycles. The van der Waals surface area contributed by atoms with E-state index in [-0.39, 0.29) is 28.5 Å². The molecule has 1 aliphatic rings. The Hall–Kier alpha value is -3.69. The lowest BCUT2D eigenvalue weighted by atomic mass is 10.1. The average molecular weight is 427 g/mol. The number of carbonyl (C=O) groups excluding carboxylic acids is 1. The van der Waals surface area contributed by atoms with Gasteiger partial charge in [-0.25, -0.2) is 17.7 Å². The number of halogens is 3. The number of nitrogens with one attached hydrogen (secondary N) is 1. The molecule has 0 bridgehead atoms. The van der Waals surface area contributed by atoms with Gasteiger partial charge in [-0.05, 0) is 37.1 Å². The zero-order chi connectivity index (χ0) is 21.7. The number of rotatable bonds is 5. The molecule has 4 aromatic rings. The summed E-state index contributed by atoms with van der Waals surface area (Å²) in [5.41, 5.74) is 2.10. The highest BCUT2D eigenvalue weighted by atomic mass is 19.3. The van der Waals surface area contributed by atoms with Crippen molar-refractivity contribution in [2.45, 2.75) is 31.9 Å². The largest absolute Gasteiger partial charge is 0.339 e. The fraction of sp³-hybridized carbons (Fsp3) is 0.238. The molecule has 0 spiro atoms. The zero-order valence-corrected chi connectivity index (χ0v) is 16.2. The van der Waals surface area contributed by atoms with Gasteiger partial charge in [0.05, 0.1) is 23.2 Å². The molecule has 1 aromatic carbocycles. The number of fused-ring (bicyclic) bond motifs is 1. The number of alkyl halides is 3. The molecular weight excluding hydrogens is 411 g/mol. The first kappa shape index (κ1) is 19.3. The van der Waals surface area contributed by atoms with Crippen molar-refractivity contribution in [3.63, 3.8) is 0 Å². The lowest BCUT2D eigenvalue weighted by molar-refractivity contribution is 0.102. The summed E-state index contributed by atoms with van der Waals surface area (Å²) in [7, 11) is 0.